The van der Waals surface area contributed by atoms with E-state index in [0.717, 1.165) is 23.5 Å². The van der Waals surface area contributed by atoms with Crippen LogP contribution in [0.25, 0.3) is 0 Å². The standard InChI is InChI=1S/C23H29NO2P2/c1-6-19(20-13-15(2)11-17(4)22(20)25-27)21-14-16(3)12-18(5)23(21)26-28-24-9-7-8-10-24/h7-14,19,28H,6,27H2,1-5H3. The molecule has 0 radical (unpaired) electrons. The van der Waals surface area contributed by atoms with E-state index in [1.54, 1.807) is 0 Å². The molecule has 3 unspecified atom stereocenters. The van der Waals surface area contributed by atoms with Crippen molar-refractivity contribution >= 4 is 18.4 Å². The molecular formula is C23H29NO2P2. The van der Waals surface area contributed by atoms with E-state index in [0.29, 0.717) is 0 Å². The highest BCUT2D eigenvalue weighted by atomic mass is 31.1. The van der Waals surface area contributed by atoms with Crippen LogP contribution in [0.5, 0.6) is 11.5 Å². The Balaban J connectivity index is 2.10. The predicted molar refractivity (Wildman–Crippen MR) is 123 cm³/mol. The van der Waals surface area contributed by atoms with Gasteiger partial charge in [0, 0.05) is 29.4 Å². The van der Waals surface area contributed by atoms with Gasteiger partial charge in [-0.05, 0) is 57.4 Å². The maximum Gasteiger partial charge on any atom is 0.181 e. The lowest BCUT2D eigenvalue weighted by atomic mass is 9.84. The first-order chi connectivity index (χ1) is 13.4. The van der Waals surface area contributed by atoms with Gasteiger partial charge in [-0.2, -0.15) is 0 Å². The SMILES string of the molecule is CCC(c1cc(C)cc(C)c1OP)c1cc(C)cc(C)c1OPn1cccc1. The Hall–Kier alpha value is -1.82. The van der Waals surface area contributed by atoms with E-state index < -0.39 is 0 Å². The summed E-state index contributed by atoms with van der Waals surface area (Å²) in [6, 6.07) is 12.9. The molecule has 2 aromatic carbocycles. The molecule has 0 fully saturated rings. The zero-order chi connectivity index (χ0) is 20.3. The first kappa shape index (κ1) is 20.9. The van der Waals surface area contributed by atoms with Crippen LogP contribution in [0.4, 0.5) is 0 Å². The van der Waals surface area contributed by atoms with Crippen molar-refractivity contribution in [2.75, 3.05) is 0 Å². The van der Waals surface area contributed by atoms with Gasteiger partial charge in [0.25, 0.3) is 0 Å². The summed E-state index contributed by atoms with van der Waals surface area (Å²) in [6.07, 6.45) is 5.03. The van der Waals surface area contributed by atoms with Crippen LogP contribution in [0.2, 0.25) is 0 Å². The molecule has 0 spiro atoms. The summed E-state index contributed by atoms with van der Waals surface area (Å²) in [5.74, 6) is 2.14. The number of nitrogens with zero attached hydrogens (tertiary/aromatic N) is 1. The van der Waals surface area contributed by atoms with Gasteiger partial charge < -0.3 is 13.4 Å². The number of hydrogen-bond donors (Lipinski definition) is 0. The summed E-state index contributed by atoms with van der Waals surface area (Å²) in [4.78, 5) is 0. The lowest BCUT2D eigenvalue weighted by molar-refractivity contribution is 0.581. The minimum Gasteiger partial charge on any atom is -0.480 e. The fraction of sp³-hybridized carbons (Fsp3) is 0.304. The molecule has 3 nitrogen and oxygen atoms in total. The maximum absolute atomic E-state index is 6.35. The third-order valence-corrected chi connectivity index (χ3v) is 6.07. The smallest absolute Gasteiger partial charge is 0.181 e. The van der Waals surface area contributed by atoms with Crippen molar-refractivity contribution in [1.82, 2.24) is 4.34 Å². The van der Waals surface area contributed by atoms with E-state index in [2.05, 4.69) is 72.7 Å². The zero-order valence-electron chi connectivity index (χ0n) is 17.2. The topological polar surface area (TPSA) is 23.4 Å². The second kappa shape index (κ2) is 9.12. The molecule has 3 atom stereocenters. The summed E-state index contributed by atoms with van der Waals surface area (Å²) in [6.45, 7) is 10.8. The summed E-state index contributed by atoms with van der Waals surface area (Å²) < 4.78 is 14.1. The largest absolute Gasteiger partial charge is 0.480 e. The highest BCUT2D eigenvalue weighted by molar-refractivity contribution is 7.30. The van der Waals surface area contributed by atoms with Crippen molar-refractivity contribution in [3.63, 3.8) is 0 Å². The predicted octanol–water partition coefficient (Wildman–Crippen LogP) is 6.87. The molecule has 28 heavy (non-hydrogen) atoms. The van der Waals surface area contributed by atoms with Crippen molar-refractivity contribution in [3.8, 4) is 11.5 Å². The van der Waals surface area contributed by atoms with Crippen molar-refractivity contribution in [3.05, 3.63) is 82.2 Å². The van der Waals surface area contributed by atoms with E-state index in [-0.39, 0.29) is 14.9 Å². The molecule has 0 saturated carbocycles. The van der Waals surface area contributed by atoms with Crippen LogP contribution in [0.1, 0.15) is 52.6 Å². The van der Waals surface area contributed by atoms with Crippen molar-refractivity contribution in [2.45, 2.75) is 47.0 Å². The summed E-state index contributed by atoms with van der Waals surface area (Å²) in [7, 11) is 2.64. The molecule has 0 aliphatic rings. The molecular weight excluding hydrogens is 384 g/mol. The number of hydrogen-bond acceptors (Lipinski definition) is 2. The quantitative estimate of drug-likeness (QED) is 0.395. The summed E-state index contributed by atoms with van der Waals surface area (Å²) in [5.41, 5.74) is 7.27. The molecule has 0 aliphatic carbocycles. The Morgan fingerprint density at radius 1 is 0.893 bits per heavy atom. The van der Waals surface area contributed by atoms with Gasteiger partial charge in [0.2, 0.25) is 0 Å². The van der Waals surface area contributed by atoms with Gasteiger partial charge in [-0.1, -0.05) is 42.3 Å². The van der Waals surface area contributed by atoms with Crippen LogP contribution in [0, 0.1) is 27.7 Å². The lowest BCUT2D eigenvalue weighted by Gasteiger charge is -2.25. The second-order valence-corrected chi connectivity index (χ2v) is 8.50. The molecule has 3 aromatic rings. The molecule has 3 rings (SSSR count). The van der Waals surface area contributed by atoms with Gasteiger partial charge in [-0.15, -0.1) is 0 Å². The van der Waals surface area contributed by atoms with Gasteiger partial charge in [0.15, 0.2) is 8.96 Å². The van der Waals surface area contributed by atoms with Crippen LogP contribution in [0.3, 0.4) is 0 Å². The molecule has 1 heterocycles. The first-order valence-electron chi connectivity index (χ1n) is 9.59. The van der Waals surface area contributed by atoms with Gasteiger partial charge in [-0.3, -0.25) is 0 Å². The van der Waals surface area contributed by atoms with Crippen LogP contribution in [-0.4, -0.2) is 4.34 Å². The van der Waals surface area contributed by atoms with E-state index in [1.807, 2.05) is 24.5 Å². The van der Waals surface area contributed by atoms with Crippen molar-refractivity contribution in [1.29, 1.82) is 0 Å². The molecule has 0 bridgehead atoms. The fourth-order valence-corrected chi connectivity index (χ4v) is 4.98. The number of benzene rings is 2. The Morgan fingerprint density at radius 3 is 1.96 bits per heavy atom. The monoisotopic (exact) mass is 413 g/mol. The highest BCUT2D eigenvalue weighted by Gasteiger charge is 2.23. The molecule has 5 heteroatoms. The lowest BCUT2D eigenvalue weighted by Crippen LogP contribution is -2.06. The normalized spacial score (nSPS) is 12.5. The van der Waals surface area contributed by atoms with Crippen LogP contribution < -0.4 is 9.05 Å². The summed E-state index contributed by atoms with van der Waals surface area (Å²) >= 11 is 0. The molecule has 0 amide bonds. The molecule has 0 N–H and O–H groups in total. The van der Waals surface area contributed by atoms with Crippen molar-refractivity contribution < 1.29 is 9.05 Å². The average Bonchev–Trinajstić information content (AvgIpc) is 3.14. The number of rotatable bonds is 7. The van der Waals surface area contributed by atoms with Crippen molar-refractivity contribution in [2.24, 2.45) is 0 Å². The molecule has 1 aromatic heterocycles. The minimum absolute atomic E-state index is 0.206. The molecule has 0 saturated heterocycles. The Labute approximate surface area is 172 Å². The Bertz CT molecular complexity index is 952. The van der Waals surface area contributed by atoms with Gasteiger partial charge >= 0.3 is 0 Å². The van der Waals surface area contributed by atoms with Crippen LogP contribution in [-0.2, 0) is 0 Å². The van der Waals surface area contributed by atoms with Gasteiger partial charge in [0.05, 0.1) is 9.47 Å². The maximum atomic E-state index is 6.35. The van der Waals surface area contributed by atoms with Gasteiger partial charge in [0.1, 0.15) is 11.5 Å². The third-order valence-electron chi connectivity index (χ3n) is 5.03. The fourth-order valence-electron chi connectivity index (χ4n) is 3.89. The van der Waals surface area contributed by atoms with Gasteiger partial charge in [-0.25, -0.2) is 0 Å². The van der Waals surface area contributed by atoms with Crippen LogP contribution in [0.15, 0.2) is 48.8 Å². The van der Waals surface area contributed by atoms with Crippen LogP contribution >= 0.6 is 18.4 Å². The van der Waals surface area contributed by atoms with E-state index >= 15 is 0 Å². The second-order valence-electron chi connectivity index (χ2n) is 7.36. The first-order valence-corrected chi connectivity index (χ1v) is 10.9. The Morgan fingerprint density at radius 2 is 1.43 bits per heavy atom. The third kappa shape index (κ3) is 4.43. The van der Waals surface area contributed by atoms with E-state index in [4.69, 9.17) is 9.05 Å². The van der Waals surface area contributed by atoms with E-state index in [1.165, 1.54) is 27.8 Å². The average molecular weight is 413 g/mol. The molecule has 0 aliphatic heterocycles. The van der Waals surface area contributed by atoms with E-state index in [9.17, 15) is 0 Å². The Kier molecular flexibility index (Phi) is 6.81. The summed E-state index contributed by atoms with van der Waals surface area (Å²) in [5, 5.41) is 0. The zero-order valence-corrected chi connectivity index (χ0v) is 19.4. The minimum atomic E-state index is 0.206. The molecule has 148 valence electrons. The number of aromatic nitrogens is 1. The number of aryl methyl sites for hydroxylation is 4. The highest BCUT2D eigenvalue weighted by Crippen LogP contribution is 2.44.